The lowest BCUT2D eigenvalue weighted by Gasteiger charge is -2.25. The number of carbonyl (C=O) groups excluding carboxylic acids is 1. The molecular weight excluding hydrogens is 472 g/mol. The lowest BCUT2D eigenvalue weighted by Crippen LogP contribution is -2.40. The van der Waals surface area contributed by atoms with Crippen LogP contribution in [0.25, 0.3) is 0 Å². The van der Waals surface area contributed by atoms with E-state index in [1.807, 2.05) is 6.07 Å². The Hall–Kier alpha value is -2.26. The van der Waals surface area contributed by atoms with Crippen LogP contribution in [0.4, 0.5) is 19.3 Å². The highest BCUT2D eigenvalue weighted by molar-refractivity contribution is 9.10. The maximum Gasteiger partial charge on any atom is 0.322 e. The zero-order valence-corrected chi connectivity index (χ0v) is 18.4. The van der Waals surface area contributed by atoms with Gasteiger partial charge in [0, 0.05) is 53.6 Å². The molecule has 2 fully saturated rings. The van der Waals surface area contributed by atoms with Crippen molar-refractivity contribution in [3.8, 4) is 5.75 Å². The van der Waals surface area contributed by atoms with Crippen LogP contribution in [0.1, 0.15) is 36.9 Å². The number of anilines is 1. The van der Waals surface area contributed by atoms with Gasteiger partial charge in [0.2, 0.25) is 0 Å². The second-order valence-corrected chi connectivity index (χ2v) is 9.27. The zero-order chi connectivity index (χ0) is 21.6. The first kappa shape index (κ1) is 20.6. The van der Waals surface area contributed by atoms with E-state index in [0.717, 1.165) is 34.8 Å². The summed E-state index contributed by atoms with van der Waals surface area (Å²) in [5, 5.41) is 2.80. The van der Waals surface area contributed by atoms with E-state index in [-0.39, 0.29) is 35.4 Å². The van der Waals surface area contributed by atoms with Crippen molar-refractivity contribution in [2.24, 2.45) is 0 Å². The molecule has 5 rings (SSSR count). The van der Waals surface area contributed by atoms with E-state index in [1.165, 1.54) is 6.07 Å². The fourth-order valence-electron chi connectivity index (χ4n) is 4.34. The number of ether oxygens (including phenoxy) is 2. The Labute approximate surface area is 187 Å². The monoisotopic (exact) mass is 493 g/mol. The van der Waals surface area contributed by atoms with Crippen molar-refractivity contribution >= 4 is 27.6 Å². The number of halogens is 3. The van der Waals surface area contributed by atoms with Crippen LogP contribution in [0, 0.1) is 11.6 Å². The Balaban J connectivity index is 1.33. The molecule has 9 heteroatoms. The van der Waals surface area contributed by atoms with Gasteiger partial charge in [0.15, 0.2) is 11.6 Å². The fraction of sp³-hybridized carbons (Fsp3) is 0.455. The normalized spacial score (nSPS) is 19.4. The molecule has 2 aromatic rings. The summed E-state index contributed by atoms with van der Waals surface area (Å²) in [4.78, 5) is 19.2. The first-order valence-corrected chi connectivity index (χ1v) is 11.2. The number of nitrogens with zero attached hydrogens (tertiary/aromatic N) is 2. The number of rotatable bonds is 4. The van der Waals surface area contributed by atoms with Gasteiger partial charge in [-0.05, 0) is 40.9 Å². The molecule has 1 aromatic carbocycles. The van der Waals surface area contributed by atoms with E-state index < -0.39 is 11.6 Å². The van der Waals surface area contributed by atoms with Crippen LogP contribution in [-0.2, 0) is 16.7 Å². The van der Waals surface area contributed by atoms with Crippen molar-refractivity contribution in [3.63, 3.8) is 0 Å². The largest absolute Gasteiger partial charge is 0.487 e. The van der Waals surface area contributed by atoms with Gasteiger partial charge in [0.1, 0.15) is 11.9 Å². The molecule has 6 nitrogen and oxygen atoms in total. The number of pyridine rings is 1. The lowest BCUT2D eigenvalue weighted by molar-refractivity contribution is 0.0235. The molecule has 3 heterocycles. The topological polar surface area (TPSA) is 63.7 Å². The van der Waals surface area contributed by atoms with Crippen LogP contribution in [0.3, 0.4) is 0 Å². The van der Waals surface area contributed by atoms with Gasteiger partial charge < -0.3 is 14.8 Å². The summed E-state index contributed by atoms with van der Waals surface area (Å²) >= 11 is 3.42. The Bertz CT molecular complexity index is 1030. The summed E-state index contributed by atoms with van der Waals surface area (Å²) in [7, 11) is 0. The van der Waals surface area contributed by atoms with Crippen molar-refractivity contribution in [3.05, 3.63) is 51.8 Å². The summed E-state index contributed by atoms with van der Waals surface area (Å²) in [6.45, 7) is 1.59. The Morgan fingerprint density at radius 3 is 2.81 bits per heavy atom. The van der Waals surface area contributed by atoms with Crippen molar-refractivity contribution in [1.29, 1.82) is 0 Å². The minimum Gasteiger partial charge on any atom is -0.487 e. The third-order valence-electron chi connectivity index (χ3n) is 6.16. The number of amides is 2. The first-order chi connectivity index (χ1) is 14.9. The SMILES string of the molecule is O=C(NCc1cc(F)cc(F)c1OC1CCOCC1)N1CC2(CC2)c2ncc(Br)cc21. The number of hydrogen-bond donors (Lipinski definition) is 1. The second kappa shape index (κ2) is 8.02. The molecule has 0 atom stereocenters. The van der Waals surface area contributed by atoms with Crippen molar-refractivity contribution in [2.75, 3.05) is 24.7 Å². The molecule has 0 bridgehead atoms. The van der Waals surface area contributed by atoms with Gasteiger partial charge in [-0.1, -0.05) is 0 Å². The summed E-state index contributed by atoms with van der Waals surface area (Å²) < 4.78 is 40.4. The van der Waals surface area contributed by atoms with Gasteiger partial charge in [-0.2, -0.15) is 0 Å². The maximum atomic E-state index is 14.5. The molecule has 2 amide bonds. The lowest BCUT2D eigenvalue weighted by atomic mass is 10.1. The molecule has 31 heavy (non-hydrogen) atoms. The smallest absolute Gasteiger partial charge is 0.322 e. The first-order valence-electron chi connectivity index (χ1n) is 10.4. The van der Waals surface area contributed by atoms with Crippen LogP contribution in [0.15, 0.2) is 28.9 Å². The van der Waals surface area contributed by atoms with Crippen molar-refractivity contribution in [2.45, 2.75) is 43.7 Å². The van der Waals surface area contributed by atoms with E-state index in [0.29, 0.717) is 32.6 Å². The zero-order valence-electron chi connectivity index (χ0n) is 16.8. The fourth-order valence-corrected chi connectivity index (χ4v) is 4.66. The average Bonchev–Trinajstić information content (AvgIpc) is 3.46. The molecule has 1 aliphatic carbocycles. The van der Waals surface area contributed by atoms with Crippen LogP contribution >= 0.6 is 15.9 Å². The highest BCUT2D eigenvalue weighted by Gasteiger charge is 2.54. The van der Waals surface area contributed by atoms with E-state index in [9.17, 15) is 13.6 Å². The quantitative estimate of drug-likeness (QED) is 0.683. The summed E-state index contributed by atoms with van der Waals surface area (Å²) in [6, 6.07) is 3.57. The highest BCUT2D eigenvalue weighted by atomic mass is 79.9. The third-order valence-corrected chi connectivity index (χ3v) is 6.59. The Morgan fingerprint density at radius 1 is 1.29 bits per heavy atom. The van der Waals surface area contributed by atoms with Gasteiger partial charge in [-0.25, -0.2) is 13.6 Å². The van der Waals surface area contributed by atoms with Crippen molar-refractivity contribution < 1.29 is 23.0 Å². The number of fused-ring (bicyclic) bond motifs is 2. The number of carbonyl (C=O) groups is 1. The van der Waals surface area contributed by atoms with Gasteiger partial charge in [0.05, 0.1) is 24.6 Å². The Morgan fingerprint density at radius 2 is 2.06 bits per heavy atom. The van der Waals surface area contributed by atoms with E-state index in [1.54, 1.807) is 11.1 Å². The van der Waals surface area contributed by atoms with Crippen molar-refractivity contribution in [1.82, 2.24) is 10.3 Å². The van der Waals surface area contributed by atoms with Crippen LogP contribution in [-0.4, -0.2) is 36.9 Å². The number of benzene rings is 1. The molecule has 1 aromatic heterocycles. The second-order valence-electron chi connectivity index (χ2n) is 8.35. The summed E-state index contributed by atoms with van der Waals surface area (Å²) in [5.74, 6) is -1.50. The third kappa shape index (κ3) is 4.01. The molecular formula is C22H22BrF2N3O3. The van der Waals surface area contributed by atoms with Crippen LogP contribution < -0.4 is 15.0 Å². The molecule has 2 aliphatic heterocycles. The van der Waals surface area contributed by atoms with E-state index >= 15 is 0 Å². The average molecular weight is 494 g/mol. The van der Waals surface area contributed by atoms with Gasteiger partial charge in [0.25, 0.3) is 0 Å². The van der Waals surface area contributed by atoms with Gasteiger partial charge in [-0.15, -0.1) is 0 Å². The molecule has 0 radical (unpaired) electrons. The highest BCUT2D eigenvalue weighted by Crippen LogP contribution is 2.55. The number of nitrogens with one attached hydrogen (secondary N) is 1. The molecule has 1 spiro atoms. The van der Waals surface area contributed by atoms with Gasteiger partial charge in [-0.3, -0.25) is 9.88 Å². The van der Waals surface area contributed by atoms with Crippen LogP contribution in [0.2, 0.25) is 0 Å². The van der Waals surface area contributed by atoms with E-state index in [2.05, 4.69) is 26.2 Å². The number of aromatic nitrogens is 1. The minimum atomic E-state index is -0.771. The number of hydrogen-bond acceptors (Lipinski definition) is 4. The molecule has 1 saturated heterocycles. The molecule has 1 saturated carbocycles. The standard InChI is InChI=1S/C22H22BrF2N3O3/c23-14-8-18-20(26-11-14)22(3-4-22)12-28(18)21(29)27-10-13-7-15(24)9-17(25)19(13)31-16-1-5-30-6-2-16/h7-9,11,16H,1-6,10,12H2,(H,27,29). The van der Waals surface area contributed by atoms with E-state index in [4.69, 9.17) is 9.47 Å². The maximum absolute atomic E-state index is 14.5. The predicted octanol–water partition coefficient (Wildman–Crippen LogP) is 4.44. The molecule has 164 valence electrons. The summed E-state index contributed by atoms with van der Waals surface area (Å²) in [5.41, 5.74) is 1.92. The predicted molar refractivity (Wildman–Crippen MR) is 113 cm³/mol. The Kier molecular flexibility index (Phi) is 5.34. The molecule has 0 unspecified atom stereocenters. The molecule has 3 aliphatic rings. The number of urea groups is 1. The van der Waals surface area contributed by atoms with Gasteiger partial charge >= 0.3 is 6.03 Å². The molecule has 1 N–H and O–H groups in total. The summed E-state index contributed by atoms with van der Waals surface area (Å²) in [6.07, 6.45) is 4.81. The minimum absolute atomic E-state index is 0.0153. The van der Waals surface area contributed by atoms with Crippen LogP contribution in [0.5, 0.6) is 5.75 Å².